The quantitative estimate of drug-likeness (QED) is 0.226. The molecule has 3 aromatic rings. The minimum absolute atomic E-state index is 0.284. The van der Waals surface area contributed by atoms with Gasteiger partial charge in [0.15, 0.2) is 0 Å². The number of methoxy groups -OCH3 is 1. The molecule has 44 heavy (non-hydrogen) atoms. The zero-order chi connectivity index (χ0) is 30.7. The van der Waals surface area contributed by atoms with Gasteiger partial charge in [0.1, 0.15) is 17.2 Å². The molecule has 1 aliphatic carbocycles. The lowest BCUT2D eigenvalue weighted by molar-refractivity contribution is -0.274. The maximum Gasteiger partial charge on any atom is 0.573 e. The number of hydrogen-bond acceptors (Lipinski definition) is 8. The number of pyridine rings is 1. The van der Waals surface area contributed by atoms with E-state index < -0.39 is 6.36 Å². The van der Waals surface area contributed by atoms with Gasteiger partial charge in [0.25, 0.3) is 0 Å². The highest BCUT2D eigenvalue weighted by atomic mass is 19.4. The van der Waals surface area contributed by atoms with Gasteiger partial charge in [-0.25, -0.2) is 9.97 Å². The number of halogens is 3. The molecule has 3 heterocycles. The molecule has 226 valence electrons. The van der Waals surface area contributed by atoms with Crippen LogP contribution in [0.25, 0.3) is 28.1 Å². The normalized spacial score (nSPS) is 14.7. The van der Waals surface area contributed by atoms with Gasteiger partial charge in [-0.1, -0.05) is 12.1 Å². The smallest absolute Gasteiger partial charge is 0.480 e. The zero-order valence-corrected chi connectivity index (χ0v) is 23.8. The first-order valence-corrected chi connectivity index (χ1v) is 14.1. The van der Waals surface area contributed by atoms with Crippen molar-refractivity contribution in [3.8, 4) is 28.7 Å². The lowest BCUT2D eigenvalue weighted by atomic mass is 10.1. The van der Waals surface area contributed by atoms with E-state index in [1.54, 1.807) is 31.5 Å². The van der Waals surface area contributed by atoms with Crippen molar-refractivity contribution in [2.24, 2.45) is 4.99 Å². The summed E-state index contributed by atoms with van der Waals surface area (Å²) in [5, 5.41) is 4.06. The summed E-state index contributed by atoms with van der Waals surface area (Å²) >= 11 is 0. The van der Waals surface area contributed by atoms with Crippen LogP contribution in [0.3, 0.4) is 0 Å². The lowest BCUT2D eigenvalue weighted by Gasteiger charge is -2.24. The Balaban J connectivity index is 1.48. The average Bonchev–Trinajstić information content (AvgIpc) is 3.01. The molecule has 2 aromatic carbocycles. The van der Waals surface area contributed by atoms with E-state index in [1.165, 1.54) is 12.1 Å². The third kappa shape index (κ3) is 6.50. The van der Waals surface area contributed by atoms with Gasteiger partial charge in [-0.15, -0.1) is 13.2 Å². The van der Waals surface area contributed by atoms with E-state index in [4.69, 9.17) is 14.7 Å². The van der Waals surface area contributed by atoms with E-state index in [1.807, 2.05) is 47.0 Å². The highest BCUT2D eigenvalue weighted by molar-refractivity contribution is 5.84. The van der Waals surface area contributed by atoms with E-state index in [0.29, 0.717) is 84.2 Å². The molecule has 0 amide bonds. The van der Waals surface area contributed by atoms with E-state index >= 15 is 0 Å². The molecule has 0 saturated carbocycles. The summed E-state index contributed by atoms with van der Waals surface area (Å²) in [6.07, 6.45) is -2.05. The molecule has 1 aromatic heterocycles. The first-order valence-electron chi connectivity index (χ1n) is 14.1. The van der Waals surface area contributed by atoms with Crippen molar-refractivity contribution in [1.82, 2.24) is 19.4 Å². The number of carbonyl (C=O) groups is 1. The first-order chi connectivity index (χ1) is 21.3. The maximum atomic E-state index is 12.8. The lowest BCUT2D eigenvalue weighted by Crippen LogP contribution is -2.35. The number of likely N-dealkylation sites (tertiary alicyclic amines) is 1. The van der Waals surface area contributed by atoms with Crippen molar-refractivity contribution in [2.75, 3.05) is 38.6 Å². The maximum absolute atomic E-state index is 12.8. The first kappa shape index (κ1) is 29.1. The fourth-order valence-corrected chi connectivity index (χ4v) is 5.28. The number of anilines is 2. The molecule has 0 atom stereocenters. The Morgan fingerprint density at radius 1 is 0.977 bits per heavy atom. The van der Waals surface area contributed by atoms with Crippen LogP contribution >= 0.6 is 0 Å². The second kappa shape index (κ2) is 12.3. The van der Waals surface area contributed by atoms with Crippen LogP contribution < -0.4 is 20.1 Å². The van der Waals surface area contributed by atoms with Gasteiger partial charge in [0, 0.05) is 44.4 Å². The molecule has 12 heteroatoms. The molecule has 9 nitrogen and oxygen atoms in total. The van der Waals surface area contributed by atoms with Gasteiger partial charge in [-0.05, 0) is 60.7 Å². The second-order valence-corrected chi connectivity index (χ2v) is 10.3. The van der Waals surface area contributed by atoms with Crippen LogP contribution in [-0.2, 0) is 4.79 Å². The number of ketones is 1. The van der Waals surface area contributed by atoms with Crippen molar-refractivity contribution in [3.63, 3.8) is 0 Å². The Morgan fingerprint density at radius 3 is 2.50 bits per heavy atom. The number of carbonyl (C=O) groups excluding carboxylic acids is 1. The van der Waals surface area contributed by atoms with Crippen molar-refractivity contribution in [1.29, 1.82) is 0 Å². The molecule has 2 aliphatic heterocycles. The van der Waals surface area contributed by atoms with Crippen LogP contribution in [0.1, 0.15) is 12.8 Å². The third-order valence-corrected chi connectivity index (χ3v) is 7.37. The Morgan fingerprint density at radius 2 is 1.75 bits per heavy atom. The highest BCUT2D eigenvalue weighted by Gasteiger charge is 2.31. The number of alkyl halides is 3. The summed E-state index contributed by atoms with van der Waals surface area (Å²) in [4.78, 5) is 28.1. The Kier molecular flexibility index (Phi) is 8.16. The van der Waals surface area contributed by atoms with Crippen LogP contribution in [0.4, 0.5) is 24.5 Å². The second-order valence-electron chi connectivity index (χ2n) is 10.3. The molecule has 0 unspecified atom stereocenters. The highest BCUT2D eigenvalue weighted by Crippen LogP contribution is 2.32. The summed E-state index contributed by atoms with van der Waals surface area (Å²) in [6, 6.07) is 20.7. The van der Waals surface area contributed by atoms with Crippen LogP contribution in [0.15, 0.2) is 84.0 Å². The number of rotatable bonds is 8. The molecule has 3 aliphatic rings. The molecule has 1 saturated heterocycles. The summed E-state index contributed by atoms with van der Waals surface area (Å²) < 4.78 is 50.0. The van der Waals surface area contributed by atoms with Gasteiger partial charge in [0.05, 0.1) is 47.1 Å². The topological polar surface area (TPSA) is 93.9 Å². The molecule has 1 N–H and O–H groups in total. The Labute approximate surface area is 251 Å². The van der Waals surface area contributed by atoms with Gasteiger partial charge >= 0.3 is 6.36 Å². The fourth-order valence-electron chi connectivity index (χ4n) is 5.28. The predicted octanol–water partition coefficient (Wildman–Crippen LogP) is 5.74. The minimum atomic E-state index is -4.79. The van der Waals surface area contributed by atoms with Crippen molar-refractivity contribution >= 4 is 28.2 Å². The van der Waals surface area contributed by atoms with Gasteiger partial charge < -0.3 is 24.3 Å². The van der Waals surface area contributed by atoms with Crippen LogP contribution in [-0.4, -0.2) is 64.9 Å². The number of nitrogens with zero attached hydrogens (tertiary/aromatic N) is 5. The SMILES string of the molecule is COc1ncccc1Nc1cc2nc3ccccc3n(-c3ccc(OC(F)(F)F)cc3)c-2cc1=NCCN1CCC(=O)CC1. The van der Waals surface area contributed by atoms with Gasteiger partial charge in [-0.3, -0.25) is 9.79 Å². The Bertz CT molecular complexity index is 1830. The standard InChI is InChI=1S/C32H29F3N6O3/c1-43-31-25(6-4-14-37-31)39-27-19-28-30(20-26(27)36-15-18-40-16-12-22(42)13-17-40)41(29-7-3-2-5-24(29)38-28)21-8-10-23(11-9-21)44-32(33,34)35/h2-11,14,19-20,39H,12-13,15-18H2,1H3. The number of Topliss-reactive ketones (excluding diaryl/α,β-unsaturated/α-hetero) is 1. The summed E-state index contributed by atoms with van der Waals surface area (Å²) in [6.45, 7) is 2.61. The molecule has 0 radical (unpaired) electrons. The number of benzene rings is 3. The molecule has 0 spiro atoms. The van der Waals surface area contributed by atoms with E-state index in [9.17, 15) is 18.0 Å². The van der Waals surface area contributed by atoms with E-state index in [2.05, 4.69) is 19.9 Å². The summed E-state index contributed by atoms with van der Waals surface area (Å²) in [5.74, 6) is 0.391. The Hall–Kier alpha value is -4.97. The number of hydrogen-bond donors (Lipinski definition) is 1. The molecule has 6 rings (SSSR count). The number of ether oxygens (including phenoxy) is 2. The number of fused-ring (bicyclic) bond motifs is 2. The van der Waals surface area contributed by atoms with Crippen molar-refractivity contribution in [3.05, 3.63) is 84.4 Å². The number of nitrogens with one attached hydrogen (secondary N) is 1. The largest absolute Gasteiger partial charge is 0.573 e. The summed E-state index contributed by atoms with van der Waals surface area (Å²) in [7, 11) is 1.55. The average molecular weight is 603 g/mol. The van der Waals surface area contributed by atoms with Crippen LogP contribution in [0.5, 0.6) is 11.6 Å². The summed E-state index contributed by atoms with van der Waals surface area (Å²) in [5.41, 5.74) is 4.77. The fraction of sp³-hybridized carbons (Fsp3) is 0.250. The zero-order valence-electron chi connectivity index (χ0n) is 23.8. The van der Waals surface area contributed by atoms with Crippen molar-refractivity contribution in [2.45, 2.75) is 19.2 Å². The third-order valence-electron chi connectivity index (χ3n) is 7.37. The number of aromatic nitrogens is 3. The van der Waals surface area contributed by atoms with Gasteiger partial charge in [0.2, 0.25) is 5.88 Å². The van der Waals surface area contributed by atoms with E-state index in [-0.39, 0.29) is 11.5 Å². The molecule has 1 fully saturated rings. The number of piperidine rings is 1. The monoisotopic (exact) mass is 602 g/mol. The molecule has 0 bridgehead atoms. The number of para-hydroxylation sites is 2. The van der Waals surface area contributed by atoms with Crippen LogP contribution in [0.2, 0.25) is 0 Å². The molecular weight excluding hydrogens is 573 g/mol. The van der Waals surface area contributed by atoms with Gasteiger partial charge in [-0.2, -0.15) is 0 Å². The minimum Gasteiger partial charge on any atom is -0.480 e. The van der Waals surface area contributed by atoms with Crippen LogP contribution in [0, 0.1) is 0 Å². The van der Waals surface area contributed by atoms with Crippen molar-refractivity contribution < 1.29 is 27.4 Å². The van der Waals surface area contributed by atoms with E-state index in [0.717, 1.165) is 5.52 Å². The molecular formula is C32H29F3N6O3. The predicted molar refractivity (Wildman–Crippen MR) is 160 cm³/mol.